The number of nitrogens with zero attached hydrogens (tertiary/aromatic N) is 1. The fourth-order valence-electron chi connectivity index (χ4n) is 4.09. The minimum Gasteiger partial charge on any atom is -0.445 e. The molecule has 4 nitrogen and oxygen atoms in total. The predicted molar refractivity (Wildman–Crippen MR) is 99.7 cm³/mol. The van der Waals surface area contributed by atoms with Crippen LogP contribution in [0.5, 0.6) is 0 Å². The van der Waals surface area contributed by atoms with Crippen molar-refractivity contribution >= 4 is 17.4 Å². The van der Waals surface area contributed by atoms with E-state index in [1.54, 1.807) is 0 Å². The molecule has 4 rings (SSSR count). The van der Waals surface area contributed by atoms with E-state index in [9.17, 15) is 4.79 Å². The molecule has 0 radical (unpaired) electrons. The number of ether oxygens (including phenoxy) is 1. The van der Waals surface area contributed by atoms with Crippen LogP contribution in [0.3, 0.4) is 0 Å². The summed E-state index contributed by atoms with van der Waals surface area (Å²) >= 11 is 1.85. The molecule has 1 saturated heterocycles. The van der Waals surface area contributed by atoms with Gasteiger partial charge in [0.2, 0.25) is 0 Å². The first-order valence-electron chi connectivity index (χ1n) is 8.96. The van der Waals surface area contributed by atoms with E-state index in [2.05, 4.69) is 23.7 Å². The SMILES string of the molecule is C[C@@H]1Cc2ccsc2C2(CCN(C(=O)OCc3ccccc3)CC2)N1. The maximum Gasteiger partial charge on any atom is 0.410 e. The van der Waals surface area contributed by atoms with Crippen LogP contribution >= 0.6 is 11.3 Å². The van der Waals surface area contributed by atoms with Gasteiger partial charge in [-0.1, -0.05) is 30.3 Å². The Labute approximate surface area is 152 Å². The van der Waals surface area contributed by atoms with Crippen molar-refractivity contribution in [1.29, 1.82) is 0 Å². The van der Waals surface area contributed by atoms with Crippen molar-refractivity contribution < 1.29 is 9.53 Å². The Kier molecular flexibility index (Phi) is 4.52. The highest BCUT2D eigenvalue weighted by atomic mass is 32.1. The number of carbonyl (C=O) groups is 1. The summed E-state index contributed by atoms with van der Waals surface area (Å²) in [6, 6.07) is 12.6. The number of rotatable bonds is 2. The number of nitrogens with one attached hydrogen (secondary N) is 1. The van der Waals surface area contributed by atoms with Gasteiger partial charge in [-0.3, -0.25) is 0 Å². The lowest BCUT2D eigenvalue weighted by molar-refractivity contribution is 0.0684. The molecular weight excluding hydrogens is 332 g/mol. The molecule has 25 heavy (non-hydrogen) atoms. The Balaban J connectivity index is 1.38. The molecule has 1 aromatic heterocycles. The Morgan fingerprint density at radius 2 is 2.04 bits per heavy atom. The van der Waals surface area contributed by atoms with Crippen LogP contribution in [0.15, 0.2) is 41.8 Å². The molecule has 0 aliphatic carbocycles. The van der Waals surface area contributed by atoms with E-state index in [0.29, 0.717) is 12.6 Å². The van der Waals surface area contributed by atoms with E-state index in [4.69, 9.17) is 4.74 Å². The number of benzene rings is 1. The number of thiophene rings is 1. The molecule has 2 aliphatic heterocycles. The van der Waals surface area contributed by atoms with Crippen LogP contribution in [0.4, 0.5) is 4.79 Å². The smallest absolute Gasteiger partial charge is 0.410 e. The van der Waals surface area contributed by atoms with E-state index < -0.39 is 0 Å². The van der Waals surface area contributed by atoms with Crippen LogP contribution in [0, 0.1) is 0 Å². The monoisotopic (exact) mass is 356 g/mol. The average molecular weight is 356 g/mol. The molecule has 0 bridgehead atoms. The summed E-state index contributed by atoms with van der Waals surface area (Å²) < 4.78 is 5.49. The van der Waals surface area contributed by atoms with Crippen molar-refractivity contribution in [3.8, 4) is 0 Å². The number of fused-ring (bicyclic) bond motifs is 2. The van der Waals surface area contributed by atoms with Crippen molar-refractivity contribution in [2.24, 2.45) is 0 Å². The van der Waals surface area contributed by atoms with Crippen LogP contribution in [0.2, 0.25) is 0 Å². The number of hydrogen-bond acceptors (Lipinski definition) is 4. The molecule has 1 aromatic carbocycles. The van der Waals surface area contributed by atoms with Gasteiger partial charge < -0.3 is 15.0 Å². The highest BCUT2D eigenvalue weighted by Gasteiger charge is 2.43. The molecule has 1 amide bonds. The summed E-state index contributed by atoms with van der Waals surface area (Å²) in [5.74, 6) is 0. The zero-order valence-corrected chi connectivity index (χ0v) is 15.3. The summed E-state index contributed by atoms with van der Waals surface area (Å²) in [5.41, 5.74) is 2.55. The van der Waals surface area contributed by atoms with Gasteiger partial charge in [-0.15, -0.1) is 11.3 Å². The fourth-order valence-corrected chi connectivity index (χ4v) is 5.25. The first-order valence-corrected chi connectivity index (χ1v) is 9.84. The second kappa shape index (κ2) is 6.81. The van der Waals surface area contributed by atoms with Gasteiger partial charge >= 0.3 is 6.09 Å². The average Bonchev–Trinajstić information content (AvgIpc) is 3.10. The van der Waals surface area contributed by atoms with Gasteiger partial charge in [0.15, 0.2) is 0 Å². The summed E-state index contributed by atoms with van der Waals surface area (Å²) in [5, 5.41) is 6.02. The molecule has 3 heterocycles. The number of likely N-dealkylation sites (tertiary alicyclic amines) is 1. The van der Waals surface area contributed by atoms with Crippen molar-refractivity contribution in [1.82, 2.24) is 10.2 Å². The standard InChI is InChI=1S/C20H24N2O2S/c1-15-13-17-7-12-25-18(17)20(21-15)8-10-22(11-9-20)19(23)24-14-16-5-3-2-4-6-16/h2-7,12,15,21H,8-11,13-14H2,1H3/t15-/m1/s1. The Morgan fingerprint density at radius 3 is 2.80 bits per heavy atom. The zero-order chi connectivity index (χ0) is 17.3. The third-order valence-corrected chi connectivity index (χ3v) is 6.47. The third-order valence-electron chi connectivity index (χ3n) is 5.31. The van der Waals surface area contributed by atoms with Gasteiger partial charge in [-0.05, 0) is 48.8 Å². The van der Waals surface area contributed by atoms with Gasteiger partial charge in [0.25, 0.3) is 0 Å². The fraction of sp³-hybridized carbons (Fsp3) is 0.450. The summed E-state index contributed by atoms with van der Waals surface area (Å²) in [7, 11) is 0. The normalized spacial score (nSPS) is 21.8. The minimum absolute atomic E-state index is 0.0391. The molecule has 2 aliphatic rings. The first-order chi connectivity index (χ1) is 12.2. The van der Waals surface area contributed by atoms with E-state index in [1.165, 1.54) is 10.4 Å². The molecule has 1 atom stereocenters. The number of carbonyl (C=O) groups excluding carboxylic acids is 1. The molecule has 1 N–H and O–H groups in total. The predicted octanol–water partition coefficient (Wildman–Crippen LogP) is 3.91. The highest BCUT2D eigenvalue weighted by Crippen LogP contribution is 2.41. The summed E-state index contributed by atoms with van der Waals surface area (Å²) in [4.78, 5) is 15.7. The van der Waals surface area contributed by atoms with Gasteiger partial charge in [0.1, 0.15) is 6.61 Å². The quantitative estimate of drug-likeness (QED) is 0.887. The largest absolute Gasteiger partial charge is 0.445 e. The molecular formula is C20H24N2O2S. The lowest BCUT2D eigenvalue weighted by Crippen LogP contribution is -2.57. The summed E-state index contributed by atoms with van der Waals surface area (Å²) in [6.07, 6.45) is 2.80. The highest BCUT2D eigenvalue weighted by molar-refractivity contribution is 7.10. The Morgan fingerprint density at radius 1 is 1.28 bits per heavy atom. The van der Waals surface area contributed by atoms with E-state index in [1.807, 2.05) is 46.6 Å². The minimum atomic E-state index is -0.200. The topological polar surface area (TPSA) is 41.6 Å². The third kappa shape index (κ3) is 3.31. The van der Waals surface area contributed by atoms with E-state index in [0.717, 1.165) is 37.9 Å². The van der Waals surface area contributed by atoms with Crippen LogP contribution in [0.1, 0.15) is 35.8 Å². The lowest BCUT2D eigenvalue weighted by atomic mass is 9.79. The van der Waals surface area contributed by atoms with Gasteiger partial charge in [-0.25, -0.2) is 4.79 Å². The second-order valence-corrected chi connectivity index (χ2v) is 8.05. The van der Waals surface area contributed by atoms with Gasteiger partial charge in [0.05, 0.1) is 5.54 Å². The second-order valence-electron chi connectivity index (χ2n) is 7.13. The molecule has 1 fully saturated rings. The molecule has 2 aromatic rings. The Hall–Kier alpha value is -1.85. The molecule has 5 heteroatoms. The molecule has 1 spiro atoms. The Bertz CT molecular complexity index is 735. The van der Waals surface area contributed by atoms with Crippen molar-refractivity contribution in [3.63, 3.8) is 0 Å². The number of hydrogen-bond donors (Lipinski definition) is 1. The van der Waals surface area contributed by atoms with Crippen LogP contribution in [-0.4, -0.2) is 30.1 Å². The molecule has 0 saturated carbocycles. The van der Waals surface area contributed by atoms with E-state index in [-0.39, 0.29) is 11.6 Å². The molecule has 0 unspecified atom stereocenters. The van der Waals surface area contributed by atoms with Crippen LogP contribution in [-0.2, 0) is 23.3 Å². The van der Waals surface area contributed by atoms with E-state index >= 15 is 0 Å². The first kappa shape index (κ1) is 16.6. The van der Waals surface area contributed by atoms with Crippen molar-refractivity contribution in [3.05, 3.63) is 57.8 Å². The lowest BCUT2D eigenvalue weighted by Gasteiger charge is -2.46. The number of amides is 1. The van der Waals surface area contributed by atoms with Gasteiger partial charge in [0, 0.05) is 24.0 Å². The van der Waals surface area contributed by atoms with Crippen molar-refractivity contribution in [2.75, 3.05) is 13.1 Å². The zero-order valence-electron chi connectivity index (χ0n) is 14.5. The van der Waals surface area contributed by atoms with Gasteiger partial charge in [-0.2, -0.15) is 0 Å². The maximum atomic E-state index is 12.4. The maximum absolute atomic E-state index is 12.4. The van der Waals surface area contributed by atoms with Crippen LogP contribution < -0.4 is 5.32 Å². The van der Waals surface area contributed by atoms with Crippen LogP contribution in [0.25, 0.3) is 0 Å². The van der Waals surface area contributed by atoms with Crippen molar-refractivity contribution in [2.45, 2.75) is 44.4 Å². The molecule has 132 valence electrons. The number of piperidine rings is 1. The summed E-state index contributed by atoms with van der Waals surface area (Å²) in [6.45, 7) is 4.07.